The molecule has 0 spiro atoms. The Hall–Kier alpha value is -2.63. The second-order valence-electron chi connectivity index (χ2n) is 4.30. The van der Waals surface area contributed by atoms with Crippen molar-refractivity contribution in [3.8, 4) is 0 Å². The van der Waals surface area contributed by atoms with Gasteiger partial charge in [-0.2, -0.15) is 9.50 Å². The molecule has 2 N–H and O–H groups in total. The summed E-state index contributed by atoms with van der Waals surface area (Å²) < 4.78 is 1.25. The molecule has 0 saturated heterocycles. The van der Waals surface area contributed by atoms with E-state index in [4.69, 9.17) is 0 Å². The minimum atomic E-state index is -0.188. The van der Waals surface area contributed by atoms with Gasteiger partial charge in [-0.1, -0.05) is 30.3 Å². The summed E-state index contributed by atoms with van der Waals surface area (Å²) in [4.78, 5) is 18.9. The Kier molecular flexibility index (Phi) is 2.75. The van der Waals surface area contributed by atoms with Crippen LogP contribution in [0.2, 0.25) is 0 Å². The van der Waals surface area contributed by atoms with Crippen LogP contribution in [0, 0.1) is 6.92 Å². The number of hydrogen-bond donors (Lipinski definition) is 2. The summed E-state index contributed by atoms with van der Waals surface area (Å²) in [6, 6.07) is 11.4. The zero-order valence-corrected chi connectivity index (χ0v) is 10.4. The Balaban J connectivity index is 1.86. The third-order valence-electron chi connectivity index (χ3n) is 2.76. The number of benzene rings is 1. The summed E-state index contributed by atoms with van der Waals surface area (Å²) in [6.07, 6.45) is 0. The standard InChI is InChI=1S/C13H13N5O/c1-9-7-11(19)18-13(15-9)16-12(17-18)14-8-10-5-3-2-4-6-10/h2-7H,8H2,1H3,(H2,14,15,16,17). The van der Waals surface area contributed by atoms with E-state index in [-0.39, 0.29) is 5.56 Å². The normalized spacial score (nSPS) is 10.8. The van der Waals surface area contributed by atoms with E-state index in [0.29, 0.717) is 18.3 Å². The number of fused-ring (bicyclic) bond motifs is 1. The van der Waals surface area contributed by atoms with Crippen molar-refractivity contribution in [2.24, 2.45) is 0 Å². The zero-order chi connectivity index (χ0) is 13.2. The van der Waals surface area contributed by atoms with Gasteiger partial charge in [-0.05, 0) is 12.5 Å². The maximum absolute atomic E-state index is 11.7. The molecule has 2 aromatic heterocycles. The van der Waals surface area contributed by atoms with Crippen LogP contribution in [0.3, 0.4) is 0 Å². The minimum Gasteiger partial charge on any atom is -0.349 e. The van der Waals surface area contributed by atoms with Crippen molar-refractivity contribution in [2.45, 2.75) is 13.5 Å². The van der Waals surface area contributed by atoms with E-state index in [1.807, 2.05) is 37.3 Å². The van der Waals surface area contributed by atoms with E-state index >= 15 is 0 Å². The lowest BCUT2D eigenvalue weighted by molar-refractivity contribution is 0.886. The molecule has 0 unspecified atom stereocenters. The van der Waals surface area contributed by atoms with Crippen molar-refractivity contribution < 1.29 is 0 Å². The Labute approximate surface area is 109 Å². The molecule has 6 nitrogen and oxygen atoms in total. The molecule has 19 heavy (non-hydrogen) atoms. The van der Waals surface area contributed by atoms with E-state index in [1.165, 1.54) is 10.6 Å². The van der Waals surface area contributed by atoms with Crippen molar-refractivity contribution in [3.05, 3.63) is 58.0 Å². The van der Waals surface area contributed by atoms with Gasteiger partial charge >= 0.3 is 0 Å². The third-order valence-corrected chi connectivity index (χ3v) is 2.76. The molecular weight excluding hydrogens is 242 g/mol. The van der Waals surface area contributed by atoms with Crippen LogP contribution in [0.5, 0.6) is 0 Å². The Morgan fingerprint density at radius 3 is 2.89 bits per heavy atom. The maximum atomic E-state index is 11.7. The highest BCUT2D eigenvalue weighted by Gasteiger charge is 2.06. The topological polar surface area (TPSA) is 75.1 Å². The number of aryl methyl sites for hydroxylation is 1. The van der Waals surface area contributed by atoms with Gasteiger partial charge in [0.2, 0.25) is 11.7 Å². The Morgan fingerprint density at radius 2 is 2.11 bits per heavy atom. The minimum absolute atomic E-state index is 0.188. The molecule has 1 aromatic carbocycles. The fourth-order valence-electron chi connectivity index (χ4n) is 1.86. The summed E-state index contributed by atoms with van der Waals surface area (Å²) in [5.41, 5.74) is 1.70. The zero-order valence-electron chi connectivity index (χ0n) is 10.4. The van der Waals surface area contributed by atoms with Crippen molar-refractivity contribution >= 4 is 11.7 Å². The van der Waals surface area contributed by atoms with Gasteiger partial charge in [0.1, 0.15) is 0 Å². The monoisotopic (exact) mass is 255 g/mol. The lowest BCUT2D eigenvalue weighted by Gasteiger charge is -2.00. The van der Waals surface area contributed by atoms with Gasteiger partial charge in [-0.3, -0.25) is 4.79 Å². The van der Waals surface area contributed by atoms with Gasteiger partial charge in [0, 0.05) is 18.3 Å². The molecule has 0 amide bonds. The van der Waals surface area contributed by atoms with Crippen LogP contribution in [0.15, 0.2) is 41.2 Å². The number of nitrogens with zero attached hydrogens (tertiary/aromatic N) is 3. The number of anilines is 1. The van der Waals surface area contributed by atoms with Gasteiger partial charge in [-0.25, -0.2) is 0 Å². The first-order valence-electron chi connectivity index (χ1n) is 5.97. The van der Waals surface area contributed by atoms with E-state index in [2.05, 4.69) is 20.4 Å². The third kappa shape index (κ3) is 2.33. The largest absolute Gasteiger partial charge is 0.349 e. The quantitative estimate of drug-likeness (QED) is 0.740. The second kappa shape index (κ2) is 4.56. The molecule has 3 rings (SSSR count). The van der Waals surface area contributed by atoms with Gasteiger partial charge in [-0.15, -0.1) is 5.10 Å². The molecule has 3 aromatic rings. The molecule has 0 bridgehead atoms. The molecule has 0 radical (unpaired) electrons. The summed E-state index contributed by atoms with van der Waals surface area (Å²) in [7, 11) is 0. The number of aromatic nitrogens is 4. The van der Waals surface area contributed by atoms with E-state index < -0.39 is 0 Å². The fourth-order valence-corrected chi connectivity index (χ4v) is 1.86. The molecule has 0 aliphatic heterocycles. The molecule has 96 valence electrons. The molecule has 0 saturated carbocycles. The number of rotatable bonds is 3. The molecule has 2 heterocycles. The van der Waals surface area contributed by atoms with Gasteiger partial charge < -0.3 is 10.3 Å². The number of nitrogens with one attached hydrogen (secondary N) is 2. The molecule has 0 aliphatic rings. The predicted molar refractivity (Wildman–Crippen MR) is 72.1 cm³/mol. The highest BCUT2D eigenvalue weighted by atomic mass is 16.1. The lowest BCUT2D eigenvalue weighted by atomic mass is 10.2. The van der Waals surface area contributed by atoms with Crippen molar-refractivity contribution in [1.29, 1.82) is 0 Å². The lowest BCUT2D eigenvalue weighted by Crippen LogP contribution is -2.14. The van der Waals surface area contributed by atoms with Crippen molar-refractivity contribution in [1.82, 2.24) is 19.6 Å². The molecule has 6 heteroatoms. The average molecular weight is 255 g/mol. The maximum Gasteiger partial charge on any atom is 0.275 e. The van der Waals surface area contributed by atoms with Crippen molar-refractivity contribution in [2.75, 3.05) is 5.32 Å². The fraction of sp³-hybridized carbons (Fsp3) is 0.154. The number of hydrogen-bond acceptors (Lipinski definition) is 4. The molecular formula is C13H13N5O. The van der Waals surface area contributed by atoms with Crippen LogP contribution in [-0.2, 0) is 6.54 Å². The van der Waals surface area contributed by atoms with Crippen molar-refractivity contribution in [3.63, 3.8) is 0 Å². The van der Waals surface area contributed by atoms with Gasteiger partial charge in [0.05, 0.1) is 0 Å². The van der Waals surface area contributed by atoms with Crippen LogP contribution in [0.1, 0.15) is 11.3 Å². The number of aromatic amines is 1. The van der Waals surface area contributed by atoms with Gasteiger partial charge in [0.25, 0.3) is 5.56 Å². The summed E-state index contributed by atoms with van der Waals surface area (Å²) in [5.74, 6) is 0.878. The summed E-state index contributed by atoms with van der Waals surface area (Å²) >= 11 is 0. The Morgan fingerprint density at radius 1 is 1.32 bits per heavy atom. The van der Waals surface area contributed by atoms with Crippen LogP contribution >= 0.6 is 0 Å². The van der Waals surface area contributed by atoms with E-state index in [0.717, 1.165) is 11.3 Å². The highest BCUT2D eigenvalue weighted by molar-refractivity contribution is 5.37. The molecule has 0 aliphatic carbocycles. The van der Waals surface area contributed by atoms with Crippen LogP contribution < -0.4 is 10.9 Å². The van der Waals surface area contributed by atoms with E-state index in [9.17, 15) is 4.79 Å². The van der Waals surface area contributed by atoms with E-state index in [1.54, 1.807) is 0 Å². The first kappa shape index (κ1) is 11.5. The van der Waals surface area contributed by atoms with Crippen LogP contribution in [0.25, 0.3) is 5.78 Å². The van der Waals surface area contributed by atoms with Crippen LogP contribution in [-0.4, -0.2) is 19.6 Å². The molecule has 0 atom stereocenters. The first-order chi connectivity index (χ1) is 9.22. The smallest absolute Gasteiger partial charge is 0.275 e. The SMILES string of the molecule is Cc1cc(=O)n2nc(NCc3ccccc3)nc2[nH]1. The Bertz CT molecular complexity index is 760. The van der Waals surface area contributed by atoms with Gasteiger partial charge in [0.15, 0.2) is 0 Å². The average Bonchev–Trinajstić information content (AvgIpc) is 2.81. The second-order valence-corrected chi connectivity index (χ2v) is 4.30. The highest BCUT2D eigenvalue weighted by Crippen LogP contribution is 2.05. The number of H-pyrrole nitrogens is 1. The van der Waals surface area contributed by atoms with Crippen LogP contribution in [0.4, 0.5) is 5.95 Å². The molecule has 0 fully saturated rings. The predicted octanol–water partition coefficient (Wildman–Crippen LogP) is 1.34. The first-order valence-corrected chi connectivity index (χ1v) is 5.97. The summed E-state index contributed by atoms with van der Waals surface area (Å²) in [6.45, 7) is 2.43. The summed E-state index contributed by atoms with van der Waals surface area (Å²) in [5, 5.41) is 7.21.